The van der Waals surface area contributed by atoms with Crippen LogP contribution in [0, 0.1) is 6.92 Å². The lowest BCUT2D eigenvalue weighted by Crippen LogP contribution is -2.16. The number of primary amides is 1. The van der Waals surface area contributed by atoms with Crippen LogP contribution in [0.25, 0.3) is 0 Å². The lowest BCUT2D eigenvalue weighted by molar-refractivity contribution is -0.117. The Morgan fingerprint density at radius 3 is 2.79 bits per heavy atom. The van der Waals surface area contributed by atoms with Crippen molar-refractivity contribution in [3.8, 4) is 0 Å². The van der Waals surface area contributed by atoms with E-state index in [4.69, 9.17) is 17.3 Å². The Morgan fingerprint density at radius 1 is 1.71 bits per heavy atom. The van der Waals surface area contributed by atoms with Gasteiger partial charge >= 0.3 is 0 Å². The largest absolute Gasteiger partial charge is 0.369 e. The number of aromatic nitrogens is 2. The molecule has 0 fully saturated rings. The average Bonchev–Trinajstić information content (AvgIpc) is 2.01. The third-order valence-electron chi connectivity index (χ3n) is 1.83. The Morgan fingerprint density at radius 2 is 2.36 bits per heavy atom. The Labute approximate surface area is 87.5 Å². The maximum absolute atomic E-state index is 10.6. The molecular formula is C9H12ClN3O. The number of amides is 1. The lowest BCUT2D eigenvalue weighted by Gasteiger charge is -2.07. The molecule has 76 valence electrons. The van der Waals surface area contributed by atoms with Crippen LogP contribution in [-0.4, -0.2) is 15.9 Å². The molecule has 1 aromatic rings. The molecular weight excluding hydrogens is 202 g/mol. The molecule has 0 aliphatic heterocycles. The van der Waals surface area contributed by atoms with E-state index in [2.05, 4.69) is 9.97 Å². The van der Waals surface area contributed by atoms with Gasteiger partial charge in [0.15, 0.2) is 0 Å². The summed E-state index contributed by atoms with van der Waals surface area (Å²) in [7, 11) is 0. The molecule has 0 saturated heterocycles. The van der Waals surface area contributed by atoms with E-state index in [-0.39, 0.29) is 11.8 Å². The molecule has 0 bridgehead atoms. The minimum atomic E-state index is -0.434. The number of alkyl halides is 1. The Hall–Kier alpha value is -1.16. The molecule has 0 saturated carbocycles. The fourth-order valence-corrected chi connectivity index (χ4v) is 1.37. The molecule has 0 radical (unpaired) electrons. The minimum Gasteiger partial charge on any atom is -0.369 e. The van der Waals surface area contributed by atoms with Gasteiger partial charge in [-0.2, -0.15) is 0 Å². The number of rotatable bonds is 3. The number of carbonyl (C=O) groups is 1. The van der Waals surface area contributed by atoms with E-state index >= 15 is 0 Å². The standard InChI is InChI=1S/C9H12ClN3O/c1-5(10)7-4-12-9(3-8(11)14)13-6(7)2/h4-5H,3H2,1-2H3,(H2,11,14). The summed E-state index contributed by atoms with van der Waals surface area (Å²) in [6, 6.07) is 0. The zero-order valence-electron chi connectivity index (χ0n) is 8.12. The van der Waals surface area contributed by atoms with Crippen molar-refractivity contribution in [2.75, 3.05) is 0 Å². The van der Waals surface area contributed by atoms with Crippen LogP contribution in [-0.2, 0) is 11.2 Å². The van der Waals surface area contributed by atoms with Crippen molar-refractivity contribution < 1.29 is 4.79 Å². The fraction of sp³-hybridized carbons (Fsp3) is 0.444. The highest BCUT2D eigenvalue weighted by Gasteiger charge is 2.09. The van der Waals surface area contributed by atoms with Gasteiger partial charge in [-0.3, -0.25) is 4.79 Å². The van der Waals surface area contributed by atoms with Crippen molar-refractivity contribution in [3.05, 3.63) is 23.3 Å². The fourth-order valence-electron chi connectivity index (χ4n) is 1.16. The van der Waals surface area contributed by atoms with E-state index in [1.54, 1.807) is 6.20 Å². The van der Waals surface area contributed by atoms with Crippen LogP contribution in [0.4, 0.5) is 0 Å². The van der Waals surface area contributed by atoms with Gasteiger partial charge in [0.2, 0.25) is 5.91 Å². The highest BCUT2D eigenvalue weighted by molar-refractivity contribution is 6.20. The van der Waals surface area contributed by atoms with E-state index in [0.29, 0.717) is 5.82 Å². The minimum absolute atomic E-state index is 0.0672. The zero-order chi connectivity index (χ0) is 10.7. The van der Waals surface area contributed by atoms with Crippen molar-refractivity contribution in [2.24, 2.45) is 5.73 Å². The smallest absolute Gasteiger partial charge is 0.225 e. The highest BCUT2D eigenvalue weighted by Crippen LogP contribution is 2.20. The number of halogens is 1. The Balaban J connectivity index is 2.94. The van der Waals surface area contributed by atoms with Crippen LogP contribution in [0.1, 0.15) is 29.4 Å². The van der Waals surface area contributed by atoms with Crippen LogP contribution < -0.4 is 5.73 Å². The van der Waals surface area contributed by atoms with E-state index < -0.39 is 5.91 Å². The van der Waals surface area contributed by atoms with Gasteiger partial charge in [0.1, 0.15) is 5.82 Å². The summed E-state index contributed by atoms with van der Waals surface area (Å²) in [5, 5.41) is -0.127. The van der Waals surface area contributed by atoms with Crippen molar-refractivity contribution in [2.45, 2.75) is 25.6 Å². The monoisotopic (exact) mass is 213 g/mol. The van der Waals surface area contributed by atoms with E-state index in [9.17, 15) is 4.79 Å². The second-order valence-electron chi connectivity index (χ2n) is 3.09. The maximum Gasteiger partial charge on any atom is 0.225 e. The van der Waals surface area contributed by atoms with Crippen LogP contribution in [0.15, 0.2) is 6.20 Å². The van der Waals surface area contributed by atoms with Crippen molar-refractivity contribution in [3.63, 3.8) is 0 Å². The third kappa shape index (κ3) is 2.67. The highest BCUT2D eigenvalue weighted by atomic mass is 35.5. The summed E-state index contributed by atoms with van der Waals surface area (Å²) in [5.74, 6) is 0.00661. The molecule has 0 aliphatic carbocycles. The molecule has 0 spiro atoms. The molecule has 5 heteroatoms. The van der Waals surface area contributed by atoms with Gasteiger partial charge in [-0.1, -0.05) is 0 Å². The summed E-state index contributed by atoms with van der Waals surface area (Å²) in [6.07, 6.45) is 1.70. The van der Waals surface area contributed by atoms with Gasteiger partial charge in [-0.25, -0.2) is 9.97 Å². The predicted molar refractivity (Wildman–Crippen MR) is 53.9 cm³/mol. The van der Waals surface area contributed by atoms with Crippen molar-refractivity contribution >= 4 is 17.5 Å². The maximum atomic E-state index is 10.6. The van der Waals surface area contributed by atoms with Crippen LogP contribution >= 0.6 is 11.6 Å². The molecule has 1 atom stereocenters. The first-order chi connectivity index (χ1) is 6.50. The van der Waals surface area contributed by atoms with Gasteiger partial charge in [-0.05, 0) is 13.8 Å². The van der Waals surface area contributed by atoms with Crippen LogP contribution in [0.5, 0.6) is 0 Å². The summed E-state index contributed by atoms with van der Waals surface area (Å²) in [5.41, 5.74) is 6.69. The quantitative estimate of drug-likeness (QED) is 0.765. The Kier molecular flexibility index (Phi) is 3.41. The van der Waals surface area contributed by atoms with Crippen LogP contribution in [0.3, 0.4) is 0 Å². The summed E-state index contributed by atoms with van der Waals surface area (Å²) in [4.78, 5) is 18.8. The number of nitrogens with zero attached hydrogens (tertiary/aromatic N) is 2. The first-order valence-electron chi connectivity index (χ1n) is 4.25. The Bertz CT molecular complexity index is 352. The first kappa shape index (κ1) is 10.9. The summed E-state index contributed by atoms with van der Waals surface area (Å²) >= 11 is 5.89. The van der Waals surface area contributed by atoms with Gasteiger partial charge in [0.05, 0.1) is 11.8 Å². The molecule has 1 unspecified atom stereocenters. The van der Waals surface area contributed by atoms with Gasteiger partial charge in [0, 0.05) is 17.5 Å². The van der Waals surface area contributed by atoms with E-state index in [1.807, 2.05) is 13.8 Å². The van der Waals surface area contributed by atoms with Crippen LogP contribution in [0.2, 0.25) is 0 Å². The number of carbonyl (C=O) groups excluding carboxylic acids is 1. The molecule has 1 rings (SSSR count). The molecule has 1 aromatic heterocycles. The number of hydrogen-bond donors (Lipinski definition) is 1. The third-order valence-corrected chi connectivity index (χ3v) is 2.06. The summed E-state index contributed by atoms with van der Waals surface area (Å²) < 4.78 is 0. The van der Waals surface area contributed by atoms with Gasteiger partial charge in [0.25, 0.3) is 0 Å². The average molecular weight is 214 g/mol. The van der Waals surface area contributed by atoms with E-state index in [0.717, 1.165) is 11.3 Å². The first-order valence-corrected chi connectivity index (χ1v) is 4.69. The SMILES string of the molecule is Cc1nc(CC(N)=O)ncc1C(C)Cl. The topological polar surface area (TPSA) is 68.9 Å². The predicted octanol–water partition coefficient (Wildman–Crippen LogP) is 1.11. The molecule has 1 amide bonds. The van der Waals surface area contributed by atoms with Crippen molar-refractivity contribution in [1.82, 2.24) is 9.97 Å². The molecule has 0 aromatic carbocycles. The molecule has 2 N–H and O–H groups in total. The lowest BCUT2D eigenvalue weighted by atomic mass is 10.2. The second-order valence-corrected chi connectivity index (χ2v) is 3.74. The molecule has 0 aliphatic rings. The number of hydrogen-bond acceptors (Lipinski definition) is 3. The molecule has 14 heavy (non-hydrogen) atoms. The molecule has 1 heterocycles. The zero-order valence-corrected chi connectivity index (χ0v) is 8.88. The molecule has 4 nitrogen and oxygen atoms in total. The number of nitrogens with two attached hydrogens (primary N) is 1. The number of aryl methyl sites for hydroxylation is 1. The summed E-state index contributed by atoms with van der Waals surface area (Å²) in [6.45, 7) is 3.68. The second kappa shape index (κ2) is 4.37. The van der Waals surface area contributed by atoms with Crippen molar-refractivity contribution in [1.29, 1.82) is 0 Å². The van der Waals surface area contributed by atoms with E-state index in [1.165, 1.54) is 0 Å². The van der Waals surface area contributed by atoms with Gasteiger partial charge < -0.3 is 5.73 Å². The normalized spacial score (nSPS) is 12.5. The van der Waals surface area contributed by atoms with Gasteiger partial charge in [-0.15, -0.1) is 11.6 Å².